The fraction of sp³-hybridized carbons (Fsp3) is 0.0714. The number of fused-ring (bicyclic) bond motifs is 2. The lowest BCUT2D eigenvalue weighted by atomic mass is 9.95. The summed E-state index contributed by atoms with van der Waals surface area (Å²) < 4.78 is 0. The summed E-state index contributed by atoms with van der Waals surface area (Å²) >= 11 is 0. The maximum Gasteiger partial charge on any atom is 0.0803 e. The minimum absolute atomic E-state index is 0.932. The Hall–Kier alpha value is -3.78. The third kappa shape index (κ3) is 3.37. The predicted molar refractivity (Wildman–Crippen MR) is 126 cm³/mol. The molecule has 0 atom stereocenters. The molecule has 144 valence electrons. The largest absolute Gasteiger partial charge is 0.247 e. The molecular weight excluding hydrogens is 364 g/mol. The van der Waals surface area contributed by atoms with Crippen LogP contribution in [-0.4, -0.2) is 11.4 Å². The van der Waals surface area contributed by atoms with Crippen molar-refractivity contribution in [3.05, 3.63) is 130 Å². The van der Waals surface area contributed by atoms with Gasteiger partial charge in [0.2, 0.25) is 0 Å². The van der Waals surface area contributed by atoms with Gasteiger partial charge < -0.3 is 0 Å². The normalized spacial score (nSPS) is 12.7. The zero-order valence-electron chi connectivity index (χ0n) is 17.1. The van der Waals surface area contributed by atoms with Crippen LogP contribution >= 0.6 is 0 Å². The van der Waals surface area contributed by atoms with Crippen molar-refractivity contribution in [3.8, 4) is 0 Å². The van der Waals surface area contributed by atoms with Crippen LogP contribution in [0.25, 0.3) is 0 Å². The average Bonchev–Trinajstić information content (AvgIpc) is 2.77. The highest BCUT2D eigenvalue weighted by Gasteiger charge is 2.19. The van der Waals surface area contributed by atoms with Gasteiger partial charge in [-0.25, -0.2) is 9.98 Å². The molecule has 0 amide bonds. The Balaban J connectivity index is 1.79. The second-order valence-corrected chi connectivity index (χ2v) is 7.69. The molecule has 0 bridgehead atoms. The molecule has 4 aromatic rings. The van der Waals surface area contributed by atoms with E-state index in [1.165, 1.54) is 11.1 Å². The van der Waals surface area contributed by atoms with Gasteiger partial charge >= 0.3 is 0 Å². The quantitative estimate of drug-likeness (QED) is 0.313. The number of benzene rings is 4. The van der Waals surface area contributed by atoms with E-state index in [9.17, 15) is 0 Å². The molecule has 0 spiro atoms. The zero-order chi connectivity index (χ0) is 20.5. The van der Waals surface area contributed by atoms with Gasteiger partial charge in [0.05, 0.1) is 22.8 Å². The van der Waals surface area contributed by atoms with Crippen molar-refractivity contribution < 1.29 is 0 Å². The molecule has 4 aromatic carbocycles. The molecule has 0 unspecified atom stereocenters. The smallest absolute Gasteiger partial charge is 0.0803 e. The summed E-state index contributed by atoms with van der Waals surface area (Å²) in [5.74, 6) is 0. The number of aliphatic imine (C=N–C) groups is 2. The van der Waals surface area contributed by atoms with Crippen molar-refractivity contribution in [2.45, 2.75) is 13.8 Å². The van der Waals surface area contributed by atoms with Crippen molar-refractivity contribution >= 4 is 22.8 Å². The summed E-state index contributed by atoms with van der Waals surface area (Å²) in [5, 5.41) is 0. The summed E-state index contributed by atoms with van der Waals surface area (Å²) in [6.07, 6.45) is 0. The molecule has 2 nitrogen and oxygen atoms in total. The van der Waals surface area contributed by atoms with Crippen molar-refractivity contribution in [2.24, 2.45) is 9.98 Å². The van der Waals surface area contributed by atoms with Gasteiger partial charge in [-0.2, -0.15) is 0 Å². The highest BCUT2D eigenvalue weighted by Crippen LogP contribution is 2.33. The molecule has 1 aliphatic rings. The van der Waals surface area contributed by atoms with E-state index in [1.807, 2.05) is 12.1 Å². The topological polar surface area (TPSA) is 24.7 Å². The highest BCUT2D eigenvalue weighted by atomic mass is 14.8. The van der Waals surface area contributed by atoms with Gasteiger partial charge in [-0.15, -0.1) is 0 Å². The Morgan fingerprint density at radius 2 is 0.800 bits per heavy atom. The third-order valence-corrected chi connectivity index (χ3v) is 5.43. The van der Waals surface area contributed by atoms with E-state index < -0.39 is 0 Å². The third-order valence-electron chi connectivity index (χ3n) is 5.43. The standard InChI is InChI=1S/C28H22N2/c1-19-11-15-21(16-12-19)27-23-7-3-5-9-25(23)30-28(22-17-13-20(2)14-18-22)24-8-4-6-10-26(24)29-27/h3-18H,1-2H3. The second-order valence-electron chi connectivity index (χ2n) is 7.69. The van der Waals surface area contributed by atoms with Crippen molar-refractivity contribution in [3.63, 3.8) is 0 Å². The number of aryl methyl sites for hydroxylation is 2. The summed E-state index contributed by atoms with van der Waals surface area (Å²) in [7, 11) is 0. The fourth-order valence-electron chi connectivity index (χ4n) is 3.77. The number of hydrogen-bond acceptors (Lipinski definition) is 2. The first-order valence-corrected chi connectivity index (χ1v) is 10.2. The van der Waals surface area contributed by atoms with E-state index in [0.717, 1.165) is 45.1 Å². The van der Waals surface area contributed by atoms with Gasteiger partial charge in [0.15, 0.2) is 0 Å². The minimum atomic E-state index is 0.932. The Kier molecular flexibility index (Phi) is 4.61. The Morgan fingerprint density at radius 3 is 1.20 bits per heavy atom. The van der Waals surface area contributed by atoms with Gasteiger partial charge in [-0.05, 0) is 26.0 Å². The average molecular weight is 386 g/mol. The van der Waals surface area contributed by atoms with E-state index in [0.29, 0.717) is 0 Å². The van der Waals surface area contributed by atoms with Gasteiger partial charge in [-0.3, -0.25) is 0 Å². The molecule has 1 heterocycles. The van der Waals surface area contributed by atoms with Crippen molar-refractivity contribution in [2.75, 3.05) is 0 Å². The van der Waals surface area contributed by atoms with E-state index in [-0.39, 0.29) is 0 Å². The van der Waals surface area contributed by atoms with Gasteiger partial charge in [0.1, 0.15) is 0 Å². The molecule has 0 saturated carbocycles. The van der Waals surface area contributed by atoms with Crippen LogP contribution in [0.15, 0.2) is 107 Å². The lowest BCUT2D eigenvalue weighted by molar-refractivity contribution is 1.38. The number of nitrogens with zero attached hydrogens (tertiary/aromatic N) is 2. The minimum Gasteiger partial charge on any atom is -0.247 e. The van der Waals surface area contributed by atoms with Crippen molar-refractivity contribution in [1.29, 1.82) is 0 Å². The summed E-state index contributed by atoms with van der Waals surface area (Å²) in [5.41, 5.74) is 10.5. The van der Waals surface area contributed by atoms with Crippen LogP contribution in [0.2, 0.25) is 0 Å². The molecule has 5 rings (SSSR count). The first kappa shape index (κ1) is 18.3. The first-order valence-electron chi connectivity index (χ1n) is 10.2. The second kappa shape index (κ2) is 7.57. The molecule has 30 heavy (non-hydrogen) atoms. The van der Waals surface area contributed by atoms with E-state index in [2.05, 4.69) is 98.8 Å². The van der Waals surface area contributed by atoms with Crippen LogP contribution < -0.4 is 0 Å². The van der Waals surface area contributed by atoms with E-state index in [4.69, 9.17) is 9.98 Å². The van der Waals surface area contributed by atoms with Crippen LogP contribution in [0.4, 0.5) is 11.4 Å². The Labute approximate surface area is 177 Å². The van der Waals surface area contributed by atoms with Crippen LogP contribution in [-0.2, 0) is 0 Å². The van der Waals surface area contributed by atoms with Crippen LogP contribution in [0.1, 0.15) is 33.4 Å². The molecule has 2 heteroatoms. The van der Waals surface area contributed by atoms with Gasteiger partial charge in [0, 0.05) is 22.3 Å². The van der Waals surface area contributed by atoms with Gasteiger partial charge in [-0.1, -0.05) is 96.1 Å². The summed E-state index contributed by atoms with van der Waals surface area (Å²) in [4.78, 5) is 10.3. The molecular formula is C28H22N2. The number of para-hydroxylation sites is 2. The molecule has 0 N–H and O–H groups in total. The summed E-state index contributed by atoms with van der Waals surface area (Å²) in [6.45, 7) is 4.20. The molecule has 0 aliphatic carbocycles. The van der Waals surface area contributed by atoms with Crippen molar-refractivity contribution in [1.82, 2.24) is 0 Å². The Morgan fingerprint density at radius 1 is 0.433 bits per heavy atom. The summed E-state index contributed by atoms with van der Waals surface area (Å²) in [6, 6.07) is 33.6. The predicted octanol–water partition coefficient (Wildman–Crippen LogP) is 6.96. The lowest BCUT2D eigenvalue weighted by Gasteiger charge is -2.18. The zero-order valence-corrected chi connectivity index (χ0v) is 17.1. The number of hydrogen-bond donors (Lipinski definition) is 0. The van der Waals surface area contributed by atoms with E-state index >= 15 is 0 Å². The fourth-order valence-corrected chi connectivity index (χ4v) is 3.77. The van der Waals surface area contributed by atoms with Crippen LogP contribution in [0, 0.1) is 13.8 Å². The maximum absolute atomic E-state index is 5.17. The van der Waals surface area contributed by atoms with Gasteiger partial charge in [0.25, 0.3) is 0 Å². The maximum atomic E-state index is 5.17. The highest BCUT2D eigenvalue weighted by molar-refractivity contribution is 6.22. The monoisotopic (exact) mass is 386 g/mol. The molecule has 0 aromatic heterocycles. The first-order chi connectivity index (χ1) is 14.7. The molecule has 0 radical (unpaired) electrons. The number of rotatable bonds is 2. The SMILES string of the molecule is Cc1ccc(C2=Nc3ccccc3C(c3ccc(C)cc3)=Nc3ccccc32)cc1. The van der Waals surface area contributed by atoms with Crippen LogP contribution in [0.3, 0.4) is 0 Å². The Bertz CT molecular complexity index is 1170. The van der Waals surface area contributed by atoms with E-state index in [1.54, 1.807) is 0 Å². The lowest BCUT2D eigenvalue weighted by Crippen LogP contribution is -2.10. The molecule has 1 aliphatic heterocycles. The van der Waals surface area contributed by atoms with Crippen LogP contribution in [0.5, 0.6) is 0 Å². The molecule has 0 fully saturated rings. The molecule has 0 saturated heterocycles.